The van der Waals surface area contributed by atoms with Crippen LogP contribution in [-0.4, -0.2) is 24.7 Å². The van der Waals surface area contributed by atoms with Gasteiger partial charge in [0.05, 0.1) is 12.2 Å². The fourth-order valence-electron chi connectivity index (χ4n) is 2.90. The zero-order valence-corrected chi connectivity index (χ0v) is 12.9. The minimum atomic E-state index is -0.250. The van der Waals surface area contributed by atoms with Crippen molar-refractivity contribution in [2.45, 2.75) is 51.7 Å². The summed E-state index contributed by atoms with van der Waals surface area (Å²) in [5, 5.41) is 2.99. The second-order valence-electron chi connectivity index (χ2n) is 6.11. The predicted molar refractivity (Wildman–Crippen MR) is 80.6 cm³/mol. The Morgan fingerprint density at radius 1 is 1.38 bits per heavy atom. The summed E-state index contributed by atoms with van der Waals surface area (Å²) in [4.78, 5) is 12.0. The van der Waals surface area contributed by atoms with Crippen molar-refractivity contribution in [2.75, 3.05) is 6.54 Å². The van der Waals surface area contributed by atoms with Gasteiger partial charge in [-0.15, -0.1) is 0 Å². The molecule has 116 valence electrons. The molecule has 0 unspecified atom stereocenters. The zero-order chi connectivity index (χ0) is 15.4. The highest BCUT2D eigenvalue weighted by molar-refractivity contribution is 5.76. The van der Waals surface area contributed by atoms with Crippen molar-refractivity contribution in [1.29, 1.82) is 0 Å². The monoisotopic (exact) mass is 293 g/mol. The highest BCUT2D eigenvalue weighted by Crippen LogP contribution is 2.25. The normalized spacial score (nSPS) is 26.6. The molecule has 3 nitrogen and oxygen atoms in total. The van der Waals surface area contributed by atoms with Crippen LogP contribution in [0.2, 0.25) is 0 Å². The second-order valence-corrected chi connectivity index (χ2v) is 6.11. The van der Waals surface area contributed by atoms with E-state index in [1.807, 2.05) is 6.92 Å². The van der Waals surface area contributed by atoms with Gasteiger partial charge in [-0.2, -0.15) is 0 Å². The lowest BCUT2D eigenvalue weighted by atomic mass is 9.97. The van der Waals surface area contributed by atoms with Crippen molar-refractivity contribution in [3.8, 4) is 0 Å². The Hall–Kier alpha value is -1.42. The summed E-state index contributed by atoms with van der Waals surface area (Å²) in [5.41, 5.74) is 0.984. The zero-order valence-electron chi connectivity index (χ0n) is 12.9. The highest BCUT2D eigenvalue weighted by Gasteiger charge is 2.29. The van der Waals surface area contributed by atoms with Crippen LogP contribution in [0.3, 0.4) is 0 Å². The lowest BCUT2D eigenvalue weighted by molar-refractivity contribution is -0.121. The number of nitrogens with one attached hydrogen (secondary N) is 1. The minimum Gasteiger partial charge on any atom is -0.375 e. The molecule has 0 bridgehead atoms. The molecule has 1 aromatic carbocycles. The molecule has 1 aromatic rings. The van der Waals surface area contributed by atoms with E-state index < -0.39 is 0 Å². The van der Waals surface area contributed by atoms with Crippen molar-refractivity contribution in [1.82, 2.24) is 5.32 Å². The van der Waals surface area contributed by atoms with Crippen LogP contribution in [0.25, 0.3) is 0 Å². The van der Waals surface area contributed by atoms with Crippen LogP contribution in [0.4, 0.5) is 4.39 Å². The van der Waals surface area contributed by atoms with Gasteiger partial charge in [-0.05, 0) is 43.9 Å². The molecule has 0 aromatic heterocycles. The van der Waals surface area contributed by atoms with Crippen molar-refractivity contribution in [3.05, 3.63) is 35.6 Å². The quantitative estimate of drug-likeness (QED) is 0.905. The molecule has 1 heterocycles. The summed E-state index contributed by atoms with van der Waals surface area (Å²) >= 11 is 0. The van der Waals surface area contributed by atoms with E-state index in [1.165, 1.54) is 12.1 Å². The Kier molecular flexibility index (Phi) is 5.34. The maximum absolute atomic E-state index is 12.9. The number of benzene rings is 1. The highest BCUT2D eigenvalue weighted by atomic mass is 19.1. The Morgan fingerprint density at radius 3 is 2.62 bits per heavy atom. The maximum Gasteiger partial charge on any atom is 0.220 e. The third-order valence-corrected chi connectivity index (χ3v) is 4.24. The number of halogens is 1. The number of carbonyl (C=O) groups is 1. The van der Waals surface area contributed by atoms with Gasteiger partial charge in [0.15, 0.2) is 0 Å². The van der Waals surface area contributed by atoms with Gasteiger partial charge in [0.1, 0.15) is 5.82 Å². The standard InChI is InChI=1S/C17H24FNO2/c1-11(14-4-6-16(18)7-5-14)8-17(20)19-10-15-9-12(2)21-13(15)3/h4-7,11-13,15H,8-10H2,1-3H3,(H,19,20)/t11-,12-,13-,15-/m1/s1. The molecule has 1 aliphatic rings. The molecule has 0 spiro atoms. The van der Waals surface area contributed by atoms with Crippen LogP contribution in [0.1, 0.15) is 45.1 Å². The number of hydrogen-bond donors (Lipinski definition) is 1. The topological polar surface area (TPSA) is 38.3 Å². The summed E-state index contributed by atoms with van der Waals surface area (Å²) < 4.78 is 18.6. The Bertz CT molecular complexity index is 474. The maximum atomic E-state index is 12.9. The van der Waals surface area contributed by atoms with Crippen molar-refractivity contribution in [2.24, 2.45) is 5.92 Å². The molecular weight excluding hydrogens is 269 g/mol. The smallest absolute Gasteiger partial charge is 0.220 e. The van der Waals surface area contributed by atoms with E-state index in [0.29, 0.717) is 18.9 Å². The van der Waals surface area contributed by atoms with Gasteiger partial charge < -0.3 is 10.1 Å². The molecule has 2 rings (SSSR count). The molecule has 1 fully saturated rings. The molecule has 4 atom stereocenters. The molecular formula is C17H24FNO2. The van der Waals surface area contributed by atoms with Gasteiger partial charge in [-0.3, -0.25) is 4.79 Å². The van der Waals surface area contributed by atoms with Crippen LogP contribution >= 0.6 is 0 Å². The summed E-state index contributed by atoms with van der Waals surface area (Å²) in [6, 6.07) is 6.34. The summed E-state index contributed by atoms with van der Waals surface area (Å²) in [6.07, 6.45) is 1.90. The van der Waals surface area contributed by atoms with E-state index in [4.69, 9.17) is 4.74 Å². The number of carbonyl (C=O) groups excluding carboxylic acids is 1. The van der Waals surface area contributed by atoms with E-state index >= 15 is 0 Å². The predicted octanol–water partition coefficient (Wildman–Crippen LogP) is 3.25. The summed E-state index contributed by atoms with van der Waals surface area (Å²) in [7, 11) is 0. The van der Waals surface area contributed by atoms with Crippen molar-refractivity contribution < 1.29 is 13.9 Å². The Morgan fingerprint density at radius 2 is 2.05 bits per heavy atom. The van der Waals surface area contributed by atoms with Crippen LogP contribution in [0.15, 0.2) is 24.3 Å². The second kappa shape index (κ2) is 7.03. The van der Waals surface area contributed by atoms with Crippen LogP contribution in [0.5, 0.6) is 0 Å². The van der Waals surface area contributed by atoms with Crippen LogP contribution in [-0.2, 0) is 9.53 Å². The molecule has 0 radical (unpaired) electrons. The molecule has 0 saturated carbocycles. The van der Waals surface area contributed by atoms with Gasteiger partial charge in [0.2, 0.25) is 5.91 Å². The van der Waals surface area contributed by atoms with Crippen molar-refractivity contribution in [3.63, 3.8) is 0 Å². The first-order chi connectivity index (χ1) is 9.95. The third-order valence-electron chi connectivity index (χ3n) is 4.24. The van der Waals surface area contributed by atoms with Gasteiger partial charge >= 0.3 is 0 Å². The van der Waals surface area contributed by atoms with Crippen LogP contribution < -0.4 is 5.32 Å². The number of amides is 1. The molecule has 1 N–H and O–H groups in total. The molecule has 0 aliphatic carbocycles. The van der Waals surface area contributed by atoms with Gasteiger partial charge in [0.25, 0.3) is 0 Å². The first-order valence-electron chi connectivity index (χ1n) is 7.63. The largest absolute Gasteiger partial charge is 0.375 e. The number of rotatable bonds is 5. The Labute approximate surface area is 125 Å². The Balaban J connectivity index is 1.77. The molecule has 4 heteroatoms. The van der Waals surface area contributed by atoms with Gasteiger partial charge in [-0.25, -0.2) is 4.39 Å². The lowest BCUT2D eigenvalue weighted by Crippen LogP contribution is -2.32. The van der Waals surface area contributed by atoms with Gasteiger partial charge in [-0.1, -0.05) is 19.1 Å². The van der Waals surface area contributed by atoms with Crippen LogP contribution in [0, 0.1) is 11.7 Å². The first kappa shape index (κ1) is 16.0. The lowest BCUT2D eigenvalue weighted by Gasteiger charge is -2.16. The minimum absolute atomic E-state index is 0.0404. The third kappa shape index (κ3) is 4.53. The molecule has 1 saturated heterocycles. The van der Waals surface area contributed by atoms with E-state index in [1.54, 1.807) is 12.1 Å². The summed E-state index contributed by atoms with van der Waals surface area (Å²) in [5.74, 6) is 0.269. The van der Waals surface area contributed by atoms with E-state index in [2.05, 4.69) is 19.2 Å². The van der Waals surface area contributed by atoms with Crippen molar-refractivity contribution >= 4 is 5.91 Å². The summed E-state index contributed by atoms with van der Waals surface area (Å²) in [6.45, 7) is 6.77. The SMILES string of the molecule is C[C@@H]1C[C@H](CNC(=O)C[C@@H](C)c2ccc(F)cc2)[C@@H](C)O1. The molecule has 1 amide bonds. The number of hydrogen-bond acceptors (Lipinski definition) is 2. The van der Waals surface area contributed by atoms with E-state index in [-0.39, 0.29) is 29.9 Å². The fraction of sp³-hybridized carbons (Fsp3) is 0.588. The van der Waals surface area contributed by atoms with Gasteiger partial charge in [0, 0.05) is 18.9 Å². The number of ether oxygens (including phenoxy) is 1. The average molecular weight is 293 g/mol. The molecule has 21 heavy (non-hydrogen) atoms. The average Bonchev–Trinajstić information content (AvgIpc) is 2.75. The fourth-order valence-corrected chi connectivity index (χ4v) is 2.90. The van der Waals surface area contributed by atoms with E-state index in [0.717, 1.165) is 12.0 Å². The molecule has 1 aliphatic heterocycles. The first-order valence-corrected chi connectivity index (χ1v) is 7.63. The van der Waals surface area contributed by atoms with E-state index in [9.17, 15) is 9.18 Å².